The van der Waals surface area contributed by atoms with E-state index >= 15 is 0 Å². The van der Waals surface area contributed by atoms with Crippen LogP contribution < -0.4 is 5.32 Å². The molecule has 3 nitrogen and oxygen atoms in total. The molecule has 0 saturated heterocycles. The van der Waals surface area contributed by atoms with Gasteiger partial charge in [-0.25, -0.2) is 4.98 Å². The Kier molecular flexibility index (Phi) is 6.06. The third-order valence-electron chi connectivity index (χ3n) is 3.06. The molecule has 0 bridgehead atoms. The van der Waals surface area contributed by atoms with E-state index in [9.17, 15) is 0 Å². The molecule has 1 aromatic rings. The predicted molar refractivity (Wildman–Crippen MR) is 74.8 cm³/mol. The van der Waals surface area contributed by atoms with Gasteiger partial charge in [-0.2, -0.15) is 4.37 Å². The monoisotopic (exact) mass is 255 g/mol. The molecule has 1 heterocycles. The third kappa shape index (κ3) is 4.03. The maximum absolute atomic E-state index is 4.65. The van der Waals surface area contributed by atoms with Gasteiger partial charge < -0.3 is 5.32 Å². The fourth-order valence-electron chi connectivity index (χ4n) is 1.84. The molecule has 1 aromatic heterocycles. The van der Waals surface area contributed by atoms with E-state index in [1.54, 1.807) is 11.5 Å². The van der Waals surface area contributed by atoms with E-state index in [0.29, 0.717) is 17.9 Å². The lowest BCUT2D eigenvalue weighted by Gasteiger charge is -2.21. The van der Waals surface area contributed by atoms with Gasteiger partial charge in [0.05, 0.1) is 0 Å². The second-order valence-electron chi connectivity index (χ2n) is 4.90. The van der Waals surface area contributed by atoms with Crippen LogP contribution in [-0.2, 0) is 0 Å². The van der Waals surface area contributed by atoms with E-state index in [2.05, 4.69) is 49.3 Å². The van der Waals surface area contributed by atoms with Crippen LogP contribution in [0.15, 0.2) is 0 Å². The van der Waals surface area contributed by atoms with Gasteiger partial charge >= 0.3 is 0 Å². The highest BCUT2D eigenvalue weighted by Crippen LogP contribution is 2.24. The molecule has 0 aliphatic rings. The van der Waals surface area contributed by atoms with Gasteiger partial charge in [-0.3, -0.25) is 0 Å². The Bertz CT molecular complexity index is 322. The standard InChI is InChI=1S/C13H25N3S/c1-6-8-14-11(7-2)10(5)13-15-12(9(3)4)16-17-13/h9-11,14H,6-8H2,1-5H3. The molecule has 0 aromatic carbocycles. The smallest absolute Gasteiger partial charge is 0.145 e. The van der Waals surface area contributed by atoms with Crippen LogP contribution in [0.2, 0.25) is 0 Å². The minimum absolute atomic E-state index is 0.427. The second kappa shape index (κ2) is 7.07. The Morgan fingerprint density at radius 2 is 1.94 bits per heavy atom. The summed E-state index contributed by atoms with van der Waals surface area (Å²) in [5.74, 6) is 1.87. The van der Waals surface area contributed by atoms with E-state index in [1.165, 1.54) is 11.4 Å². The number of nitrogens with one attached hydrogen (secondary N) is 1. The molecule has 2 unspecified atom stereocenters. The van der Waals surface area contributed by atoms with Gasteiger partial charge in [0.1, 0.15) is 10.8 Å². The van der Waals surface area contributed by atoms with Crippen LogP contribution in [0.4, 0.5) is 0 Å². The molecular weight excluding hydrogens is 230 g/mol. The van der Waals surface area contributed by atoms with Crippen molar-refractivity contribution in [2.24, 2.45) is 0 Å². The van der Waals surface area contributed by atoms with Crippen LogP contribution in [-0.4, -0.2) is 21.9 Å². The van der Waals surface area contributed by atoms with Crippen LogP contribution in [0.1, 0.15) is 70.1 Å². The van der Waals surface area contributed by atoms with Gasteiger partial charge in [-0.1, -0.05) is 34.6 Å². The topological polar surface area (TPSA) is 37.8 Å². The summed E-state index contributed by atoms with van der Waals surface area (Å²) in [6.45, 7) is 12.0. The molecule has 98 valence electrons. The van der Waals surface area contributed by atoms with Crippen molar-refractivity contribution in [2.45, 2.75) is 65.3 Å². The lowest BCUT2D eigenvalue weighted by Crippen LogP contribution is -2.33. The molecule has 1 rings (SSSR count). The van der Waals surface area contributed by atoms with E-state index in [4.69, 9.17) is 0 Å². The van der Waals surface area contributed by atoms with Crippen LogP contribution in [0.3, 0.4) is 0 Å². The molecule has 1 N–H and O–H groups in total. The van der Waals surface area contributed by atoms with Crippen LogP contribution in [0, 0.1) is 0 Å². The maximum Gasteiger partial charge on any atom is 0.145 e. The van der Waals surface area contributed by atoms with Crippen molar-refractivity contribution in [3.05, 3.63) is 10.8 Å². The van der Waals surface area contributed by atoms with Crippen molar-refractivity contribution in [3.63, 3.8) is 0 Å². The average molecular weight is 255 g/mol. The summed E-state index contributed by atoms with van der Waals surface area (Å²) in [4.78, 5) is 4.65. The summed E-state index contributed by atoms with van der Waals surface area (Å²) in [6, 6.07) is 0.517. The van der Waals surface area contributed by atoms with Crippen molar-refractivity contribution in [1.82, 2.24) is 14.7 Å². The molecule has 0 radical (unpaired) electrons. The Morgan fingerprint density at radius 3 is 2.41 bits per heavy atom. The Labute approximate surface area is 109 Å². The zero-order valence-electron chi connectivity index (χ0n) is 11.7. The van der Waals surface area contributed by atoms with Crippen molar-refractivity contribution >= 4 is 11.5 Å². The number of rotatable bonds is 7. The van der Waals surface area contributed by atoms with Crippen molar-refractivity contribution < 1.29 is 0 Å². The first-order valence-electron chi connectivity index (χ1n) is 6.66. The van der Waals surface area contributed by atoms with Gasteiger partial charge in [-0.05, 0) is 30.9 Å². The highest BCUT2D eigenvalue weighted by atomic mass is 32.1. The van der Waals surface area contributed by atoms with Crippen LogP contribution >= 0.6 is 11.5 Å². The molecule has 0 spiro atoms. The highest BCUT2D eigenvalue weighted by molar-refractivity contribution is 7.05. The molecule has 0 fully saturated rings. The number of aromatic nitrogens is 2. The molecule has 2 atom stereocenters. The molecule has 17 heavy (non-hydrogen) atoms. The van der Waals surface area contributed by atoms with E-state index in [1.807, 2.05) is 0 Å². The van der Waals surface area contributed by atoms with Gasteiger partial charge in [0.2, 0.25) is 0 Å². The molecular formula is C13H25N3S. The summed E-state index contributed by atoms with van der Waals surface area (Å²) >= 11 is 1.56. The third-order valence-corrected chi connectivity index (χ3v) is 3.99. The zero-order chi connectivity index (χ0) is 12.8. The summed E-state index contributed by atoms with van der Waals surface area (Å²) < 4.78 is 4.44. The quantitative estimate of drug-likeness (QED) is 0.809. The lowest BCUT2D eigenvalue weighted by molar-refractivity contribution is 0.436. The molecule has 0 aliphatic carbocycles. The SMILES string of the molecule is CCCNC(CC)C(C)c1nc(C(C)C)ns1. The first kappa shape index (κ1) is 14.6. The number of nitrogens with zero attached hydrogens (tertiary/aromatic N) is 2. The maximum atomic E-state index is 4.65. The van der Waals surface area contributed by atoms with E-state index in [0.717, 1.165) is 18.8 Å². The Hall–Kier alpha value is -0.480. The van der Waals surface area contributed by atoms with Crippen molar-refractivity contribution in [1.29, 1.82) is 0 Å². The fourth-order valence-corrected chi connectivity index (χ4v) is 2.75. The van der Waals surface area contributed by atoms with Crippen LogP contribution in [0.25, 0.3) is 0 Å². The number of hydrogen-bond acceptors (Lipinski definition) is 4. The Balaban J connectivity index is 2.68. The summed E-state index contributed by atoms with van der Waals surface area (Å²) in [7, 11) is 0. The van der Waals surface area contributed by atoms with Gasteiger partial charge in [0.25, 0.3) is 0 Å². The van der Waals surface area contributed by atoms with Gasteiger partial charge in [-0.15, -0.1) is 0 Å². The summed E-state index contributed by atoms with van der Waals surface area (Å²) in [5.41, 5.74) is 0. The second-order valence-corrected chi connectivity index (χ2v) is 5.69. The fraction of sp³-hybridized carbons (Fsp3) is 0.846. The van der Waals surface area contributed by atoms with Crippen molar-refractivity contribution in [3.8, 4) is 0 Å². The first-order chi connectivity index (χ1) is 8.10. The largest absolute Gasteiger partial charge is 0.313 e. The number of hydrogen-bond donors (Lipinski definition) is 1. The van der Waals surface area contributed by atoms with Crippen molar-refractivity contribution in [2.75, 3.05) is 6.54 Å². The predicted octanol–water partition coefficient (Wildman–Crippen LogP) is 3.54. The minimum Gasteiger partial charge on any atom is -0.313 e. The Morgan fingerprint density at radius 1 is 1.24 bits per heavy atom. The van der Waals surface area contributed by atoms with E-state index in [-0.39, 0.29) is 0 Å². The first-order valence-corrected chi connectivity index (χ1v) is 7.44. The molecule has 0 amide bonds. The van der Waals surface area contributed by atoms with Crippen LogP contribution in [0.5, 0.6) is 0 Å². The van der Waals surface area contributed by atoms with Gasteiger partial charge in [0.15, 0.2) is 0 Å². The summed E-state index contributed by atoms with van der Waals surface area (Å²) in [5, 5.41) is 4.77. The lowest BCUT2D eigenvalue weighted by atomic mass is 10.00. The molecule has 0 aliphatic heterocycles. The molecule has 0 saturated carbocycles. The van der Waals surface area contributed by atoms with Gasteiger partial charge in [0, 0.05) is 17.9 Å². The zero-order valence-corrected chi connectivity index (χ0v) is 12.5. The average Bonchev–Trinajstić information content (AvgIpc) is 2.79. The summed E-state index contributed by atoms with van der Waals surface area (Å²) in [6.07, 6.45) is 2.31. The highest BCUT2D eigenvalue weighted by Gasteiger charge is 2.20. The molecule has 4 heteroatoms. The normalized spacial score (nSPS) is 15.2. The van der Waals surface area contributed by atoms with E-state index < -0.39 is 0 Å². The minimum atomic E-state index is 0.427.